The van der Waals surface area contributed by atoms with E-state index in [1.807, 2.05) is 36.4 Å². The first-order valence-electron chi connectivity index (χ1n) is 6.07. The zero-order chi connectivity index (χ0) is 13.5. The molecule has 1 heterocycles. The maximum atomic E-state index is 8.57. The topological polar surface area (TPSA) is 71.9 Å². The van der Waals surface area contributed by atoms with Gasteiger partial charge in [0.05, 0.1) is 19.1 Å². The van der Waals surface area contributed by atoms with Crippen molar-refractivity contribution in [3.63, 3.8) is 0 Å². The summed E-state index contributed by atoms with van der Waals surface area (Å²) in [7, 11) is 0. The number of anilines is 1. The number of rotatable bonds is 5. The molecule has 0 aliphatic rings. The second-order valence-electron chi connectivity index (χ2n) is 4.16. The van der Waals surface area contributed by atoms with Crippen LogP contribution in [0.15, 0.2) is 42.6 Å². The fraction of sp³-hybridized carbons (Fsp3) is 0.200. The summed E-state index contributed by atoms with van der Waals surface area (Å²) in [5.41, 5.74) is 8.21. The Labute approximate surface area is 112 Å². The summed E-state index contributed by atoms with van der Waals surface area (Å²) in [6.07, 6.45) is 2.87. The van der Waals surface area contributed by atoms with Crippen molar-refractivity contribution in [2.24, 2.45) is 0 Å². The monoisotopic (exact) mass is 253 g/mol. The van der Waals surface area contributed by atoms with E-state index in [1.54, 1.807) is 6.20 Å². The first kappa shape index (κ1) is 12.9. The van der Waals surface area contributed by atoms with Crippen LogP contribution in [0, 0.1) is 11.3 Å². The van der Waals surface area contributed by atoms with E-state index < -0.39 is 0 Å². The highest BCUT2D eigenvalue weighted by Crippen LogP contribution is 2.13. The van der Waals surface area contributed by atoms with Crippen molar-refractivity contribution in [1.29, 1.82) is 5.26 Å². The summed E-state index contributed by atoms with van der Waals surface area (Å²) in [6, 6.07) is 13.3. The zero-order valence-corrected chi connectivity index (χ0v) is 10.5. The molecular formula is C15H15N3O. The van der Waals surface area contributed by atoms with Gasteiger partial charge in [-0.15, -0.1) is 0 Å². The molecule has 1 aromatic heterocycles. The Bertz CT molecular complexity index is 555. The van der Waals surface area contributed by atoms with Gasteiger partial charge in [-0.2, -0.15) is 5.26 Å². The van der Waals surface area contributed by atoms with Crippen molar-refractivity contribution in [1.82, 2.24) is 4.98 Å². The summed E-state index contributed by atoms with van der Waals surface area (Å²) in [5.74, 6) is 0.801. The van der Waals surface area contributed by atoms with E-state index in [9.17, 15) is 0 Å². The van der Waals surface area contributed by atoms with Gasteiger partial charge in [-0.3, -0.25) is 4.98 Å². The molecule has 1 aromatic carbocycles. The molecule has 96 valence electrons. The molecule has 2 N–H and O–H groups in total. The second kappa shape index (κ2) is 6.41. The first-order valence-corrected chi connectivity index (χ1v) is 6.07. The third kappa shape index (κ3) is 4.00. The molecule has 0 spiro atoms. The lowest BCUT2D eigenvalue weighted by Crippen LogP contribution is -2.03. The minimum atomic E-state index is 0.398. The normalized spacial score (nSPS) is 9.84. The van der Waals surface area contributed by atoms with Gasteiger partial charge in [-0.25, -0.2) is 0 Å². The summed E-state index contributed by atoms with van der Waals surface area (Å²) in [4.78, 5) is 4.29. The number of benzene rings is 1. The van der Waals surface area contributed by atoms with Crippen LogP contribution in [0.5, 0.6) is 5.75 Å². The lowest BCUT2D eigenvalue weighted by atomic mass is 10.2. The lowest BCUT2D eigenvalue weighted by Gasteiger charge is -2.06. The molecule has 0 aliphatic heterocycles. The van der Waals surface area contributed by atoms with E-state index in [2.05, 4.69) is 11.1 Å². The van der Waals surface area contributed by atoms with Crippen LogP contribution in [-0.2, 0) is 12.8 Å². The van der Waals surface area contributed by atoms with Crippen molar-refractivity contribution < 1.29 is 4.74 Å². The number of hydrogen-bond acceptors (Lipinski definition) is 4. The van der Waals surface area contributed by atoms with Gasteiger partial charge in [0.15, 0.2) is 0 Å². The van der Waals surface area contributed by atoms with Crippen LogP contribution in [-0.4, -0.2) is 11.6 Å². The van der Waals surface area contributed by atoms with Crippen molar-refractivity contribution in [2.75, 3.05) is 12.3 Å². The van der Waals surface area contributed by atoms with Gasteiger partial charge < -0.3 is 10.5 Å². The largest absolute Gasteiger partial charge is 0.493 e. The average molecular weight is 253 g/mol. The molecule has 2 rings (SSSR count). The number of ether oxygens (including phenoxy) is 1. The fourth-order valence-electron chi connectivity index (χ4n) is 1.64. The highest BCUT2D eigenvalue weighted by Gasteiger charge is 1.98. The molecule has 0 fully saturated rings. The molecule has 0 saturated carbocycles. The maximum absolute atomic E-state index is 8.57. The number of nitrogens with zero attached hydrogens (tertiary/aromatic N) is 2. The third-order valence-corrected chi connectivity index (χ3v) is 2.68. The second-order valence-corrected chi connectivity index (χ2v) is 4.16. The Morgan fingerprint density at radius 3 is 2.58 bits per heavy atom. The number of nitriles is 1. The molecule has 4 nitrogen and oxygen atoms in total. The van der Waals surface area contributed by atoms with Gasteiger partial charge in [0.2, 0.25) is 0 Å². The van der Waals surface area contributed by atoms with Gasteiger partial charge >= 0.3 is 0 Å². The van der Waals surface area contributed by atoms with Crippen molar-refractivity contribution >= 4 is 5.69 Å². The van der Waals surface area contributed by atoms with Crippen molar-refractivity contribution in [3.05, 3.63) is 53.9 Å². The molecule has 0 radical (unpaired) electrons. The van der Waals surface area contributed by atoms with Gasteiger partial charge in [0.1, 0.15) is 5.75 Å². The predicted molar refractivity (Wildman–Crippen MR) is 73.6 cm³/mol. The number of nitrogen functional groups attached to an aromatic ring is 1. The van der Waals surface area contributed by atoms with Crippen LogP contribution < -0.4 is 10.5 Å². The third-order valence-electron chi connectivity index (χ3n) is 2.68. The van der Waals surface area contributed by atoms with Crippen LogP contribution >= 0.6 is 0 Å². The molecule has 2 aromatic rings. The summed E-state index contributed by atoms with van der Waals surface area (Å²) in [6.45, 7) is 0.564. The van der Waals surface area contributed by atoms with Gasteiger partial charge in [-0.1, -0.05) is 6.07 Å². The van der Waals surface area contributed by atoms with E-state index in [0.717, 1.165) is 29.1 Å². The van der Waals surface area contributed by atoms with Gasteiger partial charge in [-0.05, 0) is 35.9 Å². The molecule has 0 aliphatic carbocycles. The van der Waals surface area contributed by atoms with Gasteiger partial charge in [0, 0.05) is 24.0 Å². The Kier molecular flexibility index (Phi) is 4.35. The molecule has 0 saturated heterocycles. The van der Waals surface area contributed by atoms with Crippen LogP contribution in [0.2, 0.25) is 0 Å². The number of aromatic nitrogens is 1. The minimum Gasteiger partial charge on any atom is -0.493 e. The minimum absolute atomic E-state index is 0.398. The van der Waals surface area contributed by atoms with Crippen molar-refractivity contribution in [2.45, 2.75) is 12.8 Å². The maximum Gasteiger partial charge on any atom is 0.119 e. The molecule has 4 heteroatoms. The highest BCUT2D eigenvalue weighted by atomic mass is 16.5. The Morgan fingerprint density at radius 2 is 1.95 bits per heavy atom. The molecule has 0 unspecified atom stereocenters. The first-order chi connectivity index (χ1) is 9.28. The zero-order valence-electron chi connectivity index (χ0n) is 10.5. The number of pyridine rings is 1. The Balaban J connectivity index is 1.82. The summed E-state index contributed by atoms with van der Waals surface area (Å²) >= 11 is 0. The average Bonchev–Trinajstić information content (AvgIpc) is 2.43. The summed E-state index contributed by atoms with van der Waals surface area (Å²) < 4.78 is 5.59. The van der Waals surface area contributed by atoms with E-state index >= 15 is 0 Å². The number of hydrogen-bond donors (Lipinski definition) is 1. The van der Waals surface area contributed by atoms with E-state index in [1.165, 1.54) is 0 Å². The van der Waals surface area contributed by atoms with Crippen LogP contribution in [0.1, 0.15) is 11.3 Å². The highest BCUT2D eigenvalue weighted by molar-refractivity contribution is 5.41. The lowest BCUT2D eigenvalue weighted by molar-refractivity contribution is 0.320. The Hall–Kier alpha value is -2.54. The molecule has 0 atom stereocenters. The van der Waals surface area contributed by atoms with E-state index in [0.29, 0.717) is 13.0 Å². The molecule has 0 bridgehead atoms. The molecule has 0 amide bonds. The van der Waals surface area contributed by atoms with Gasteiger partial charge in [0.25, 0.3) is 0 Å². The fourth-order valence-corrected chi connectivity index (χ4v) is 1.64. The quantitative estimate of drug-likeness (QED) is 0.830. The van der Waals surface area contributed by atoms with Crippen LogP contribution in [0.4, 0.5) is 5.69 Å². The number of nitrogens with two attached hydrogens (primary N) is 1. The SMILES string of the molecule is N#CCc1ccc(CCOc2ccc(N)cc2)nc1. The Morgan fingerprint density at radius 1 is 1.16 bits per heavy atom. The van der Waals surface area contributed by atoms with Crippen molar-refractivity contribution in [3.8, 4) is 11.8 Å². The van der Waals surface area contributed by atoms with E-state index in [4.69, 9.17) is 15.7 Å². The standard InChI is InChI=1S/C15H15N3O/c16-9-7-12-1-4-14(18-11-12)8-10-19-15-5-2-13(17)3-6-15/h1-6,11H,7-8,10,17H2. The van der Waals surface area contributed by atoms with E-state index in [-0.39, 0.29) is 0 Å². The predicted octanol–water partition coefficient (Wildman–Crippen LogP) is 2.35. The smallest absolute Gasteiger partial charge is 0.119 e. The summed E-state index contributed by atoms with van der Waals surface area (Å²) in [5, 5.41) is 8.57. The van der Waals surface area contributed by atoms with Crippen LogP contribution in [0.25, 0.3) is 0 Å². The molecule has 19 heavy (non-hydrogen) atoms. The molecular weight excluding hydrogens is 238 g/mol. The van der Waals surface area contributed by atoms with Crippen LogP contribution in [0.3, 0.4) is 0 Å².